The normalized spacial score (nSPS) is 13.6. The highest BCUT2D eigenvalue weighted by Gasteiger charge is 2.18. The number of nitrogens with two attached hydrogens (primary N) is 1. The van der Waals surface area contributed by atoms with Crippen molar-refractivity contribution in [2.45, 2.75) is 38.6 Å². The molecule has 0 saturated carbocycles. The van der Waals surface area contributed by atoms with E-state index in [1.165, 1.54) is 5.56 Å². The van der Waals surface area contributed by atoms with Gasteiger partial charge in [-0.15, -0.1) is 0 Å². The number of aromatic nitrogens is 2. The summed E-state index contributed by atoms with van der Waals surface area (Å²) in [6.07, 6.45) is 0.225. The largest absolute Gasteiger partial charge is 0.370 e. The molecular weight excluding hydrogens is 252 g/mol. The number of hydrogen-bond acceptors (Lipinski definition) is 3. The molecule has 1 heterocycles. The van der Waals surface area contributed by atoms with Gasteiger partial charge in [0, 0.05) is 6.42 Å². The van der Waals surface area contributed by atoms with Crippen LogP contribution in [0.3, 0.4) is 0 Å². The highest BCUT2D eigenvalue weighted by atomic mass is 16.1. The van der Waals surface area contributed by atoms with Gasteiger partial charge in [0.1, 0.15) is 5.82 Å². The predicted molar refractivity (Wildman–Crippen MR) is 80.4 cm³/mol. The second kappa shape index (κ2) is 5.25. The number of H-pyrrole nitrogens is 1. The maximum absolute atomic E-state index is 11.1. The summed E-state index contributed by atoms with van der Waals surface area (Å²) < 4.78 is 0. The Morgan fingerprint density at radius 1 is 1.45 bits per heavy atom. The van der Waals surface area contributed by atoms with E-state index in [0.29, 0.717) is 0 Å². The van der Waals surface area contributed by atoms with Crippen LogP contribution in [0.1, 0.15) is 44.6 Å². The van der Waals surface area contributed by atoms with Crippen LogP contribution in [0.5, 0.6) is 0 Å². The molecule has 1 amide bonds. The first-order valence-electron chi connectivity index (χ1n) is 6.77. The van der Waals surface area contributed by atoms with Gasteiger partial charge in [-0.2, -0.15) is 0 Å². The minimum Gasteiger partial charge on any atom is -0.370 e. The van der Waals surface area contributed by atoms with Crippen LogP contribution in [0.25, 0.3) is 11.0 Å². The number of hydrogen-bond donors (Lipinski definition) is 3. The summed E-state index contributed by atoms with van der Waals surface area (Å²) in [6.45, 7) is 6.53. The van der Waals surface area contributed by atoms with Crippen LogP contribution in [0.4, 0.5) is 0 Å². The molecule has 0 spiro atoms. The van der Waals surface area contributed by atoms with Crippen molar-refractivity contribution < 1.29 is 4.79 Å². The first-order chi connectivity index (χ1) is 9.31. The number of nitrogens with zero attached hydrogens (tertiary/aromatic N) is 1. The van der Waals surface area contributed by atoms with Crippen molar-refractivity contribution in [3.63, 3.8) is 0 Å². The molecule has 2 rings (SSSR count). The van der Waals surface area contributed by atoms with Crippen LogP contribution in [-0.4, -0.2) is 22.9 Å². The average molecular weight is 274 g/mol. The Labute approximate surface area is 119 Å². The van der Waals surface area contributed by atoms with Crippen LogP contribution < -0.4 is 11.1 Å². The fraction of sp³-hybridized carbons (Fsp3) is 0.467. The van der Waals surface area contributed by atoms with Crippen LogP contribution in [0, 0.1) is 0 Å². The number of amides is 1. The number of aromatic amines is 1. The number of carbonyl (C=O) groups is 1. The second-order valence-corrected chi connectivity index (χ2v) is 6.12. The molecule has 1 atom stereocenters. The molecule has 20 heavy (non-hydrogen) atoms. The van der Waals surface area contributed by atoms with E-state index >= 15 is 0 Å². The van der Waals surface area contributed by atoms with E-state index in [1.807, 2.05) is 6.07 Å². The van der Waals surface area contributed by atoms with E-state index in [4.69, 9.17) is 5.73 Å². The Kier molecular flexibility index (Phi) is 3.81. The third-order valence-electron chi connectivity index (χ3n) is 3.45. The molecule has 0 fully saturated rings. The summed E-state index contributed by atoms with van der Waals surface area (Å²) >= 11 is 0. The molecule has 0 radical (unpaired) electrons. The lowest BCUT2D eigenvalue weighted by Crippen LogP contribution is -2.24. The lowest BCUT2D eigenvalue weighted by molar-refractivity contribution is -0.118. The minimum atomic E-state index is -0.347. The van der Waals surface area contributed by atoms with Gasteiger partial charge in [-0.3, -0.25) is 4.79 Å². The maximum atomic E-state index is 11.1. The zero-order valence-corrected chi connectivity index (χ0v) is 12.4. The zero-order chi connectivity index (χ0) is 14.9. The van der Waals surface area contributed by atoms with Crippen LogP contribution in [0.2, 0.25) is 0 Å². The standard InChI is InChI=1S/C15H22N4O/c1-15(2,3)9-5-6-10-11(7-9)19-14(18-10)12(17-4)8-13(16)20/h5-7,12,17H,8H2,1-4H3,(H2,16,20)(H,18,19)/t12-/m0/s1. The van der Waals surface area contributed by atoms with Crippen LogP contribution in [-0.2, 0) is 10.2 Å². The number of imidazole rings is 1. The second-order valence-electron chi connectivity index (χ2n) is 6.12. The molecular formula is C15H22N4O. The lowest BCUT2D eigenvalue weighted by atomic mass is 9.87. The third kappa shape index (κ3) is 2.99. The van der Waals surface area contributed by atoms with Crippen molar-refractivity contribution in [1.82, 2.24) is 15.3 Å². The molecule has 5 nitrogen and oxygen atoms in total. The van der Waals surface area contributed by atoms with Gasteiger partial charge in [0.25, 0.3) is 0 Å². The van der Waals surface area contributed by atoms with Crippen molar-refractivity contribution >= 4 is 16.9 Å². The summed E-state index contributed by atoms with van der Waals surface area (Å²) in [6, 6.07) is 6.03. The summed E-state index contributed by atoms with van der Waals surface area (Å²) in [5.41, 5.74) is 8.48. The Bertz CT molecular complexity index is 624. The molecule has 0 saturated heterocycles. The van der Waals surface area contributed by atoms with Gasteiger partial charge in [-0.1, -0.05) is 26.8 Å². The molecule has 2 aromatic rings. The molecule has 0 aliphatic rings. The van der Waals surface area contributed by atoms with Crippen molar-refractivity contribution in [2.24, 2.45) is 5.73 Å². The van der Waals surface area contributed by atoms with E-state index in [-0.39, 0.29) is 23.8 Å². The molecule has 5 heteroatoms. The van der Waals surface area contributed by atoms with Gasteiger partial charge in [-0.05, 0) is 30.2 Å². The fourth-order valence-electron chi connectivity index (χ4n) is 2.20. The highest BCUT2D eigenvalue weighted by Crippen LogP contribution is 2.26. The Morgan fingerprint density at radius 3 is 2.70 bits per heavy atom. The number of carbonyl (C=O) groups excluding carboxylic acids is 1. The first-order valence-corrected chi connectivity index (χ1v) is 6.77. The summed E-state index contributed by atoms with van der Waals surface area (Å²) in [4.78, 5) is 18.9. The molecule has 108 valence electrons. The maximum Gasteiger partial charge on any atom is 0.219 e. The third-order valence-corrected chi connectivity index (χ3v) is 3.45. The van der Waals surface area contributed by atoms with E-state index < -0.39 is 0 Å². The Hall–Kier alpha value is -1.88. The first kappa shape index (κ1) is 14.5. The number of benzene rings is 1. The van der Waals surface area contributed by atoms with E-state index in [2.05, 4.69) is 48.2 Å². The molecule has 1 aromatic carbocycles. The topological polar surface area (TPSA) is 83.8 Å². The SMILES string of the molecule is CN[C@@H](CC(N)=O)c1nc2ccc(C(C)(C)C)cc2[nH]1. The van der Waals surface area contributed by atoms with Gasteiger partial charge in [0.05, 0.1) is 17.1 Å². The number of nitrogens with one attached hydrogen (secondary N) is 2. The number of fused-ring (bicyclic) bond motifs is 1. The smallest absolute Gasteiger partial charge is 0.219 e. The predicted octanol–water partition coefficient (Wildman–Crippen LogP) is 2.00. The van der Waals surface area contributed by atoms with Crippen molar-refractivity contribution in [2.75, 3.05) is 7.05 Å². The fourth-order valence-corrected chi connectivity index (χ4v) is 2.20. The van der Waals surface area contributed by atoms with Crippen molar-refractivity contribution in [3.05, 3.63) is 29.6 Å². The van der Waals surface area contributed by atoms with Gasteiger partial charge in [0.2, 0.25) is 5.91 Å². The number of primary amides is 1. The quantitative estimate of drug-likeness (QED) is 0.797. The van der Waals surface area contributed by atoms with Crippen molar-refractivity contribution in [1.29, 1.82) is 0 Å². The molecule has 0 aliphatic heterocycles. The average Bonchev–Trinajstić information content (AvgIpc) is 2.76. The molecule has 4 N–H and O–H groups in total. The van der Waals surface area contributed by atoms with Gasteiger partial charge in [0.15, 0.2) is 0 Å². The number of rotatable bonds is 4. The van der Waals surface area contributed by atoms with E-state index in [1.54, 1.807) is 7.05 Å². The molecule has 0 unspecified atom stereocenters. The minimum absolute atomic E-state index is 0.0924. The van der Waals surface area contributed by atoms with Crippen LogP contribution >= 0.6 is 0 Å². The lowest BCUT2D eigenvalue weighted by Gasteiger charge is -2.18. The van der Waals surface area contributed by atoms with Gasteiger partial charge >= 0.3 is 0 Å². The monoisotopic (exact) mass is 274 g/mol. The summed E-state index contributed by atoms with van der Waals surface area (Å²) in [5.74, 6) is 0.396. The summed E-state index contributed by atoms with van der Waals surface area (Å²) in [7, 11) is 1.79. The van der Waals surface area contributed by atoms with Gasteiger partial charge < -0.3 is 16.0 Å². The Morgan fingerprint density at radius 2 is 2.15 bits per heavy atom. The summed E-state index contributed by atoms with van der Waals surface area (Å²) in [5, 5.41) is 3.06. The molecule has 1 aromatic heterocycles. The van der Waals surface area contributed by atoms with Crippen LogP contribution in [0.15, 0.2) is 18.2 Å². The highest BCUT2D eigenvalue weighted by molar-refractivity contribution is 5.77. The molecule has 0 aliphatic carbocycles. The van der Waals surface area contributed by atoms with E-state index in [9.17, 15) is 4.79 Å². The van der Waals surface area contributed by atoms with Gasteiger partial charge in [-0.25, -0.2) is 4.98 Å². The molecule has 0 bridgehead atoms. The van der Waals surface area contributed by atoms with Crippen molar-refractivity contribution in [3.8, 4) is 0 Å². The van der Waals surface area contributed by atoms with E-state index in [0.717, 1.165) is 16.9 Å². The zero-order valence-electron chi connectivity index (χ0n) is 12.4. The Balaban J connectivity index is 2.40.